The predicted molar refractivity (Wildman–Crippen MR) is 163 cm³/mol. The Balaban J connectivity index is 1.40. The van der Waals surface area contributed by atoms with Crippen LogP contribution < -0.4 is 20.7 Å². The van der Waals surface area contributed by atoms with Crippen LogP contribution in [0.25, 0.3) is 11.3 Å². The summed E-state index contributed by atoms with van der Waals surface area (Å²) in [7, 11) is -1.68. The summed E-state index contributed by atoms with van der Waals surface area (Å²) >= 11 is 0. The third-order valence-corrected chi connectivity index (χ3v) is 7.98. The fourth-order valence-electron chi connectivity index (χ4n) is 4.63. The van der Waals surface area contributed by atoms with Gasteiger partial charge in [0.05, 0.1) is 19.9 Å². The number of ether oxygens (including phenoxy) is 3. The van der Waals surface area contributed by atoms with E-state index in [1.54, 1.807) is 13.3 Å². The molecule has 6 atom stereocenters. The number of aromatic nitrogens is 3. The van der Waals surface area contributed by atoms with Gasteiger partial charge in [-0.25, -0.2) is 9.25 Å². The molecule has 18 nitrogen and oxygen atoms in total. The summed E-state index contributed by atoms with van der Waals surface area (Å²) < 4.78 is 38.5. The number of rotatable bonds is 19. The van der Waals surface area contributed by atoms with E-state index in [0.717, 1.165) is 25.5 Å². The normalized spacial score (nSPS) is 22.2. The summed E-state index contributed by atoms with van der Waals surface area (Å²) in [5.74, 6) is -0.959. The zero-order valence-electron chi connectivity index (χ0n) is 26.4. The van der Waals surface area contributed by atoms with E-state index in [2.05, 4.69) is 35.3 Å². The van der Waals surface area contributed by atoms with Crippen LogP contribution in [0.15, 0.2) is 30.5 Å². The molecule has 6 unspecified atom stereocenters. The predicted octanol–water partition coefficient (Wildman–Crippen LogP) is -0.174. The maximum atomic E-state index is 11.9. The van der Waals surface area contributed by atoms with E-state index < -0.39 is 69.3 Å². The minimum absolute atomic E-state index is 0.0571. The first-order chi connectivity index (χ1) is 22.4. The van der Waals surface area contributed by atoms with E-state index in [9.17, 15) is 29.2 Å². The number of nitrogens with zero attached hydrogens (tertiary/aromatic N) is 3. The van der Waals surface area contributed by atoms with Crippen LogP contribution in [-0.4, -0.2) is 113 Å². The molecule has 1 aromatic carbocycles. The topological polar surface area (TPSA) is 242 Å². The summed E-state index contributed by atoms with van der Waals surface area (Å²) in [4.78, 5) is 44.5. The van der Waals surface area contributed by atoms with Crippen LogP contribution >= 0.6 is 7.82 Å². The standard InChI is InChI=1S/C28H43N6O12P/c1-18(35)31-25-27(39)26(38)22(16-34-15-21(32-33-34)19-9-8-10-20(13-19)42-2)46-28(25)44-12-7-5-4-6-11-29-23(36)14-24(37)30-17-45-47(40,41)43-3/h8-10,13,15,22,25-28,38-39H,4-7,11-12,14,16-17H2,1-3H3,(H,29,36)(H,30,37)(H,31,35)(H,40,41). The number of carbonyl (C=O) groups excluding carboxylic acids is 3. The lowest BCUT2D eigenvalue weighted by Gasteiger charge is -2.42. The lowest BCUT2D eigenvalue weighted by molar-refractivity contribution is -0.267. The van der Waals surface area contributed by atoms with Crippen molar-refractivity contribution in [1.29, 1.82) is 0 Å². The number of unbranched alkanes of at least 4 members (excludes halogenated alkanes) is 3. The lowest BCUT2D eigenvalue weighted by atomic mass is 9.96. The van der Waals surface area contributed by atoms with Crippen LogP contribution in [0.4, 0.5) is 0 Å². The maximum Gasteiger partial charge on any atom is 0.473 e. The molecule has 47 heavy (non-hydrogen) atoms. The highest BCUT2D eigenvalue weighted by atomic mass is 31.2. The summed E-state index contributed by atoms with van der Waals surface area (Å²) in [5, 5.41) is 37.4. The number of phosphoric ester groups is 1. The third kappa shape index (κ3) is 12.6. The number of nitrogens with one attached hydrogen (secondary N) is 3. The molecular formula is C28H43N6O12P. The van der Waals surface area contributed by atoms with Gasteiger partial charge in [-0.15, -0.1) is 5.10 Å². The second kappa shape index (κ2) is 18.8. The van der Waals surface area contributed by atoms with E-state index in [1.807, 2.05) is 24.3 Å². The van der Waals surface area contributed by atoms with Gasteiger partial charge in [0, 0.05) is 32.7 Å². The molecule has 0 saturated carbocycles. The quantitative estimate of drug-likeness (QED) is 0.0487. The Morgan fingerprint density at radius 1 is 1.06 bits per heavy atom. The first-order valence-corrected chi connectivity index (χ1v) is 16.4. The molecule has 0 bridgehead atoms. The number of aliphatic hydroxyl groups excluding tert-OH is 2. The van der Waals surface area contributed by atoms with Gasteiger partial charge in [-0.2, -0.15) is 0 Å². The van der Waals surface area contributed by atoms with Crippen LogP contribution in [0.5, 0.6) is 5.75 Å². The van der Waals surface area contributed by atoms with Gasteiger partial charge in [0.25, 0.3) is 0 Å². The molecule has 1 fully saturated rings. The summed E-state index contributed by atoms with van der Waals surface area (Å²) in [6, 6.07) is 6.30. The fourth-order valence-corrected chi connectivity index (χ4v) is 4.96. The molecule has 6 N–H and O–H groups in total. The van der Waals surface area contributed by atoms with E-state index in [0.29, 0.717) is 30.8 Å². The molecule has 1 saturated heterocycles. The highest BCUT2D eigenvalue weighted by Crippen LogP contribution is 2.41. The molecule has 0 radical (unpaired) electrons. The van der Waals surface area contributed by atoms with Crippen molar-refractivity contribution in [3.63, 3.8) is 0 Å². The number of benzene rings is 1. The van der Waals surface area contributed by atoms with Crippen molar-refractivity contribution >= 4 is 25.5 Å². The molecule has 3 rings (SSSR count). The average Bonchev–Trinajstić information content (AvgIpc) is 3.51. The SMILES string of the molecule is COc1cccc(-c2cn(CC3OC(OCCCCCCNC(=O)CC(=O)NCOP(=O)(O)OC)C(NC(C)=O)C(O)C3O)nn2)c1. The number of amides is 3. The molecule has 19 heteroatoms. The van der Waals surface area contributed by atoms with Crippen LogP contribution in [-0.2, 0) is 44.0 Å². The van der Waals surface area contributed by atoms with Crippen LogP contribution in [0.3, 0.4) is 0 Å². The largest absolute Gasteiger partial charge is 0.497 e. The second-order valence-electron chi connectivity index (χ2n) is 10.6. The van der Waals surface area contributed by atoms with Gasteiger partial charge in [0.15, 0.2) is 6.29 Å². The van der Waals surface area contributed by atoms with Crippen molar-refractivity contribution in [2.45, 2.75) is 76.2 Å². The Morgan fingerprint density at radius 3 is 2.53 bits per heavy atom. The van der Waals surface area contributed by atoms with Crippen molar-refractivity contribution in [3.05, 3.63) is 30.5 Å². The number of hydrogen-bond donors (Lipinski definition) is 6. The molecule has 1 aliphatic heterocycles. The van der Waals surface area contributed by atoms with Crippen LogP contribution in [0.1, 0.15) is 39.0 Å². The Hall–Kier alpha value is -3.48. The van der Waals surface area contributed by atoms with Gasteiger partial charge in [0.2, 0.25) is 17.7 Å². The molecule has 2 heterocycles. The van der Waals surface area contributed by atoms with Crippen molar-refractivity contribution in [3.8, 4) is 17.0 Å². The van der Waals surface area contributed by atoms with Gasteiger partial charge in [-0.1, -0.05) is 30.2 Å². The van der Waals surface area contributed by atoms with Crippen molar-refractivity contribution < 1.29 is 57.3 Å². The first-order valence-electron chi connectivity index (χ1n) is 14.9. The van der Waals surface area contributed by atoms with Gasteiger partial charge < -0.3 is 45.3 Å². The van der Waals surface area contributed by atoms with Crippen LogP contribution in [0.2, 0.25) is 0 Å². The van der Waals surface area contributed by atoms with E-state index >= 15 is 0 Å². The van der Waals surface area contributed by atoms with Crippen molar-refractivity contribution in [1.82, 2.24) is 30.9 Å². The molecule has 3 amide bonds. The van der Waals surface area contributed by atoms with Crippen LogP contribution in [0, 0.1) is 0 Å². The Labute approximate surface area is 271 Å². The van der Waals surface area contributed by atoms with Gasteiger partial charge in [-0.3, -0.25) is 23.4 Å². The molecule has 0 aliphatic carbocycles. The molecule has 1 aliphatic rings. The van der Waals surface area contributed by atoms with Crippen molar-refractivity contribution in [2.24, 2.45) is 0 Å². The number of hydrogen-bond acceptors (Lipinski definition) is 13. The molecule has 1 aromatic heterocycles. The molecule has 262 valence electrons. The average molecular weight is 687 g/mol. The molecule has 2 aromatic rings. The zero-order valence-corrected chi connectivity index (χ0v) is 27.3. The molecular weight excluding hydrogens is 643 g/mol. The third-order valence-electron chi connectivity index (χ3n) is 7.07. The minimum atomic E-state index is -4.22. The number of aliphatic hydroxyl groups is 2. The van der Waals surface area contributed by atoms with Gasteiger partial charge >= 0.3 is 7.82 Å². The number of carbonyl (C=O) groups is 3. The number of phosphoric acid groups is 1. The monoisotopic (exact) mass is 686 g/mol. The first kappa shape index (κ1) is 38.0. The second-order valence-corrected chi connectivity index (χ2v) is 12.2. The zero-order chi connectivity index (χ0) is 34.4. The van der Waals surface area contributed by atoms with E-state index in [1.165, 1.54) is 11.6 Å². The maximum absolute atomic E-state index is 11.9. The highest BCUT2D eigenvalue weighted by molar-refractivity contribution is 7.47. The Kier molecular flexibility index (Phi) is 15.2. The van der Waals surface area contributed by atoms with Gasteiger partial charge in [0.1, 0.15) is 48.9 Å². The summed E-state index contributed by atoms with van der Waals surface area (Å²) in [5.41, 5.74) is 1.36. The molecule has 0 spiro atoms. The number of methoxy groups -OCH3 is 1. The lowest BCUT2D eigenvalue weighted by Crippen LogP contribution is -2.64. The Morgan fingerprint density at radius 2 is 1.81 bits per heavy atom. The Bertz CT molecular complexity index is 1360. The summed E-state index contributed by atoms with van der Waals surface area (Å²) in [6.45, 7) is 1.33. The smallest absolute Gasteiger partial charge is 0.473 e. The summed E-state index contributed by atoms with van der Waals surface area (Å²) in [6.07, 6.45) is -0.766. The fraction of sp³-hybridized carbons (Fsp3) is 0.607. The van der Waals surface area contributed by atoms with E-state index in [4.69, 9.17) is 19.1 Å². The van der Waals surface area contributed by atoms with E-state index in [-0.39, 0.29) is 13.2 Å². The minimum Gasteiger partial charge on any atom is -0.497 e. The van der Waals surface area contributed by atoms with Gasteiger partial charge in [-0.05, 0) is 25.0 Å². The highest BCUT2D eigenvalue weighted by Gasteiger charge is 2.45. The van der Waals surface area contributed by atoms with Crippen molar-refractivity contribution in [2.75, 3.05) is 34.1 Å².